The summed E-state index contributed by atoms with van der Waals surface area (Å²) in [5, 5.41) is 0. The first-order valence-electron chi connectivity index (χ1n) is 0.919. The average Bonchev–Trinajstić information content (AvgIpc) is 1.35. The number of rotatable bonds is 1. The molecule has 0 aromatic carbocycles. The van der Waals surface area contributed by atoms with E-state index in [1.165, 1.54) is 0 Å². The summed E-state index contributed by atoms with van der Waals surface area (Å²) in [6.45, 7) is 0. The van der Waals surface area contributed by atoms with Gasteiger partial charge in [-0.25, -0.2) is 4.57 Å². The summed E-state index contributed by atoms with van der Waals surface area (Å²) >= 11 is 4.21. The normalized spacial score (nSPS) is 10.1. The third-order valence-electron chi connectivity index (χ3n) is 0.0899. The van der Waals surface area contributed by atoms with Gasteiger partial charge >= 0.3 is 59.2 Å². The molecule has 0 rings (SSSR count). The monoisotopic (exact) mass is 172 g/mol. The van der Waals surface area contributed by atoms with E-state index in [1.54, 1.807) is 0 Å². The molecule has 0 heterocycles. The summed E-state index contributed by atoms with van der Waals surface area (Å²) in [4.78, 5) is 15.2. The second-order valence-electron chi connectivity index (χ2n) is 0.560. The first-order chi connectivity index (χ1) is 2.56. The molecule has 7 heteroatoms. The minimum Gasteiger partial charge on any atom is -1.00 e. The zero-order chi connectivity index (χ0) is 5.21. The Hall–Kier alpha value is 2.04. The van der Waals surface area contributed by atoms with Crippen molar-refractivity contribution in [2.75, 3.05) is 0 Å². The van der Waals surface area contributed by atoms with Crippen molar-refractivity contribution in [3.63, 3.8) is 0 Å². The van der Waals surface area contributed by atoms with E-state index in [0.717, 1.165) is 0 Å². The fourth-order valence-corrected chi connectivity index (χ4v) is 0. The molecule has 2 N–H and O–H groups in total. The molecule has 0 saturated heterocycles. The van der Waals surface area contributed by atoms with Gasteiger partial charge in [-0.2, -0.15) is 4.08 Å². The Morgan fingerprint density at radius 3 is 1.86 bits per heavy atom. The molecule has 4 nitrogen and oxygen atoms in total. The average molecular weight is 173 g/mol. The minimum absolute atomic E-state index is 0. The molecule has 0 spiro atoms. The van der Waals surface area contributed by atoms with Crippen LogP contribution in [0.3, 0.4) is 0 Å². The Morgan fingerprint density at radius 2 is 1.86 bits per heavy atom. The van der Waals surface area contributed by atoms with E-state index in [9.17, 15) is 4.57 Å². The fraction of sp³-hybridized carbons (Fsp3) is 0. The van der Waals surface area contributed by atoms with Gasteiger partial charge in [0.25, 0.3) is 0 Å². The Balaban J connectivity index is -0.000000125. The molecule has 0 amide bonds. The van der Waals surface area contributed by atoms with Gasteiger partial charge < -0.3 is 11.2 Å². The quantitative estimate of drug-likeness (QED) is 0.335. The van der Waals surface area contributed by atoms with E-state index >= 15 is 0 Å². The van der Waals surface area contributed by atoms with Crippen molar-refractivity contribution in [1.29, 1.82) is 0 Å². The smallest absolute Gasteiger partial charge is 1.00 e. The maximum absolute atomic E-state index is 9.34. The Labute approximate surface area is 89.5 Å². The molecule has 40 valence electrons. The van der Waals surface area contributed by atoms with Gasteiger partial charge in [-0.3, -0.25) is 0 Å². The molecule has 0 aliphatic heterocycles. The van der Waals surface area contributed by atoms with E-state index < -0.39 is 7.82 Å². The zero-order valence-corrected chi connectivity index (χ0v) is 8.31. The number of hydrogen-bond donors (Lipinski definition) is 2. The zero-order valence-electron chi connectivity index (χ0n) is 4.54. The molecule has 0 radical (unpaired) electrons. The Kier molecular flexibility index (Phi) is 8.21. The molecule has 0 bridgehead atoms. The van der Waals surface area contributed by atoms with Gasteiger partial charge in [0.05, 0.1) is 11.9 Å². The van der Waals surface area contributed by atoms with Crippen molar-refractivity contribution in [3.8, 4) is 0 Å². The molecule has 0 aromatic rings. The van der Waals surface area contributed by atoms with Crippen LogP contribution in [0.1, 0.15) is 1.43 Å². The molecular weight excluding hydrogens is 170 g/mol. The topological polar surface area (TPSA) is 66.8 Å². The molecule has 7 heavy (non-hydrogen) atoms. The van der Waals surface area contributed by atoms with Crippen LogP contribution in [0.4, 0.5) is 0 Å². The third kappa shape index (κ3) is 11.5. The summed E-state index contributed by atoms with van der Waals surface area (Å²) in [5.74, 6) is 0. The number of phosphoric acid groups is 1. The molecule has 0 unspecified atom stereocenters. The van der Waals surface area contributed by atoms with Gasteiger partial charge in [0, 0.05) is 0 Å². The molecular formula is H3ClKO4P. The standard InChI is InChI=1S/ClH2O4P.K.H/c1-5-6(2,3)4;;/h(H2,2,3,4);;/q;+1;-1. The molecule has 0 aliphatic carbocycles. The summed E-state index contributed by atoms with van der Waals surface area (Å²) in [6.07, 6.45) is 0. The molecule has 0 saturated carbocycles. The van der Waals surface area contributed by atoms with Crippen molar-refractivity contribution < 1.29 is 71.2 Å². The fourth-order valence-electron chi connectivity index (χ4n) is 0. The Morgan fingerprint density at radius 1 is 1.71 bits per heavy atom. The van der Waals surface area contributed by atoms with Gasteiger partial charge in [0.2, 0.25) is 0 Å². The summed E-state index contributed by atoms with van der Waals surface area (Å²) in [5.41, 5.74) is 0. The van der Waals surface area contributed by atoms with Crippen molar-refractivity contribution in [2.24, 2.45) is 0 Å². The maximum atomic E-state index is 9.34. The van der Waals surface area contributed by atoms with E-state index in [4.69, 9.17) is 9.79 Å². The van der Waals surface area contributed by atoms with Crippen molar-refractivity contribution >= 4 is 19.7 Å². The van der Waals surface area contributed by atoms with Gasteiger partial charge in [0.15, 0.2) is 0 Å². The van der Waals surface area contributed by atoms with Crippen molar-refractivity contribution in [3.05, 3.63) is 0 Å². The largest absolute Gasteiger partial charge is 1.00 e. The SMILES string of the molecule is O=P(O)(O)OCl.[H-].[K+]. The van der Waals surface area contributed by atoms with Crippen LogP contribution in [0.25, 0.3) is 0 Å². The van der Waals surface area contributed by atoms with Gasteiger partial charge in [-0.1, -0.05) is 0 Å². The summed E-state index contributed by atoms with van der Waals surface area (Å²) in [6, 6.07) is 0. The van der Waals surface area contributed by atoms with E-state index in [-0.39, 0.29) is 52.8 Å². The van der Waals surface area contributed by atoms with E-state index in [0.29, 0.717) is 0 Å². The van der Waals surface area contributed by atoms with Crippen molar-refractivity contribution in [1.82, 2.24) is 0 Å². The number of hydrogen-bond acceptors (Lipinski definition) is 2. The first-order valence-corrected chi connectivity index (χ1v) is 2.76. The number of halogens is 1. The van der Waals surface area contributed by atoms with Gasteiger partial charge in [-0.15, -0.1) is 0 Å². The van der Waals surface area contributed by atoms with E-state index in [1.807, 2.05) is 0 Å². The van der Waals surface area contributed by atoms with Crippen LogP contribution in [0.2, 0.25) is 0 Å². The van der Waals surface area contributed by atoms with Crippen LogP contribution in [0, 0.1) is 0 Å². The first kappa shape index (κ1) is 11.8. The van der Waals surface area contributed by atoms with Crippen LogP contribution in [-0.4, -0.2) is 9.79 Å². The maximum Gasteiger partial charge on any atom is 1.00 e. The van der Waals surface area contributed by atoms with Crippen LogP contribution in [0.15, 0.2) is 0 Å². The van der Waals surface area contributed by atoms with Crippen molar-refractivity contribution in [2.45, 2.75) is 0 Å². The molecule has 0 aliphatic rings. The molecule has 0 atom stereocenters. The van der Waals surface area contributed by atoms with Crippen LogP contribution in [0.5, 0.6) is 0 Å². The van der Waals surface area contributed by atoms with Crippen LogP contribution in [-0.2, 0) is 8.64 Å². The second kappa shape index (κ2) is 4.87. The predicted molar refractivity (Wildman–Crippen MR) is 20.1 cm³/mol. The van der Waals surface area contributed by atoms with Crippen LogP contribution < -0.4 is 51.4 Å². The second-order valence-corrected chi connectivity index (χ2v) is 2.09. The summed E-state index contributed by atoms with van der Waals surface area (Å²) in [7, 11) is -4.38. The molecule has 0 fully saturated rings. The van der Waals surface area contributed by atoms with E-state index in [2.05, 4.69) is 15.9 Å². The minimum atomic E-state index is -4.38. The Bertz CT molecular complexity index is 80.1. The van der Waals surface area contributed by atoms with Gasteiger partial charge in [0.1, 0.15) is 0 Å². The summed E-state index contributed by atoms with van der Waals surface area (Å²) < 4.78 is 12.4. The predicted octanol–water partition coefficient (Wildman–Crippen LogP) is -2.63. The van der Waals surface area contributed by atoms with Gasteiger partial charge in [-0.05, 0) is 0 Å². The molecule has 0 aromatic heterocycles. The van der Waals surface area contributed by atoms with Crippen LogP contribution >= 0.6 is 19.7 Å². The third-order valence-corrected chi connectivity index (χ3v) is 0.809.